The minimum atomic E-state index is -0.527. The molecule has 192 valence electrons. The Morgan fingerprint density at radius 1 is 1.05 bits per heavy atom. The van der Waals surface area contributed by atoms with Crippen LogP contribution in [0.15, 0.2) is 83.9 Å². The van der Waals surface area contributed by atoms with Crippen LogP contribution in [0.25, 0.3) is 22.4 Å². The van der Waals surface area contributed by atoms with Crippen molar-refractivity contribution in [1.29, 1.82) is 5.26 Å². The summed E-state index contributed by atoms with van der Waals surface area (Å²) in [5, 5.41) is 13.1. The topological polar surface area (TPSA) is 84.2 Å². The molecule has 38 heavy (non-hydrogen) atoms. The maximum Gasteiger partial charge on any atom is 0.237 e. The zero-order valence-corrected chi connectivity index (χ0v) is 22.6. The second-order valence-electron chi connectivity index (χ2n) is 8.62. The summed E-state index contributed by atoms with van der Waals surface area (Å²) in [7, 11) is 1.62. The Balaban J connectivity index is 1.72. The molecule has 0 fully saturated rings. The normalized spacial score (nSPS) is 11.3. The summed E-state index contributed by atoms with van der Waals surface area (Å²) in [5.41, 5.74) is 5.44. The maximum absolute atomic E-state index is 13.2. The number of thioether (sulfide) groups is 1. The van der Waals surface area contributed by atoms with Gasteiger partial charge in [-0.05, 0) is 68.8 Å². The van der Waals surface area contributed by atoms with Crippen molar-refractivity contribution in [2.75, 3.05) is 19.0 Å². The number of carbonyl (C=O) groups excluding carboxylic acids is 1. The van der Waals surface area contributed by atoms with Gasteiger partial charge in [0.1, 0.15) is 22.6 Å². The van der Waals surface area contributed by atoms with Crippen molar-refractivity contribution in [3.05, 3.63) is 90.0 Å². The fraction of sp³-hybridized carbons (Fsp3) is 0.194. The number of nitrogens with zero attached hydrogens (tertiary/aromatic N) is 2. The van der Waals surface area contributed by atoms with Crippen molar-refractivity contribution >= 4 is 23.4 Å². The number of benzene rings is 3. The quantitative estimate of drug-likeness (QED) is 0.235. The molecule has 0 aliphatic rings. The third-order valence-electron chi connectivity index (χ3n) is 5.95. The number of rotatable bonds is 9. The molecule has 1 N–H and O–H groups in total. The number of hydrogen-bond donors (Lipinski definition) is 1. The van der Waals surface area contributed by atoms with Crippen molar-refractivity contribution in [3.63, 3.8) is 0 Å². The zero-order valence-electron chi connectivity index (χ0n) is 21.8. The number of anilines is 1. The van der Waals surface area contributed by atoms with Crippen LogP contribution in [0, 0.1) is 18.3 Å². The van der Waals surface area contributed by atoms with E-state index >= 15 is 0 Å². The van der Waals surface area contributed by atoms with Crippen LogP contribution < -0.4 is 14.8 Å². The Labute approximate surface area is 227 Å². The summed E-state index contributed by atoms with van der Waals surface area (Å²) < 4.78 is 10.9. The number of amides is 1. The first-order valence-corrected chi connectivity index (χ1v) is 13.2. The lowest BCUT2D eigenvalue weighted by Crippen LogP contribution is -2.23. The van der Waals surface area contributed by atoms with Crippen LogP contribution in [-0.4, -0.2) is 29.9 Å². The van der Waals surface area contributed by atoms with Crippen molar-refractivity contribution in [1.82, 2.24) is 4.98 Å². The van der Waals surface area contributed by atoms with Gasteiger partial charge in [0.15, 0.2) is 0 Å². The maximum atomic E-state index is 13.2. The SMILES string of the molecule is CCOc1ccccc1NC(=O)C(C)Sc1nc(-c2ccc(OC)cc2)cc(-c2ccc(C)cc2)c1C#N. The minimum absolute atomic E-state index is 0.209. The molecule has 3 aromatic carbocycles. The molecule has 0 saturated heterocycles. The van der Waals surface area contributed by atoms with Gasteiger partial charge in [0.2, 0.25) is 5.91 Å². The van der Waals surface area contributed by atoms with E-state index in [0.29, 0.717) is 34.3 Å². The third-order valence-corrected chi connectivity index (χ3v) is 7.04. The van der Waals surface area contributed by atoms with Crippen LogP contribution in [0.1, 0.15) is 25.0 Å². The first-order valence-electron chi connectivity index (χ1n) is 12.3. The molecule has 1 amide bonds. The van der Waals surface area contributed by atoms with Gasteiger partial charge in [0.25, 0.3) is 0 Å². The van der Waals surface area contributed by atoms with Crippen molar-refractivity contribution < 1.29 is 14.3 Å². The van der Waals surface area contributed by atoms with Gasteiger partial charge in [0.05, 0.1) is 35.9 Å². The number of nitriles is 1. The average Bonchev–Trinajstić information content (AvgIpc) is 2.94. The minimum Gasteiger partial charge on any atom is -0.497 e. The fourth-order valence-corrected chi connectivity index (χ4v) is 4.82. The third kappa shape index (κ3) is 6.16. The van der Waals surface area contributed by atoms with E-state index in [1.807, 2.05) is 86.6 Å². The Morgan fingerprint density at radius 3 is 2.39 bits per heavy atom. The number of methoxy groups -OCH3 is 1. The number of ether oxygens (including phenoxy) is 2. The van der Waals surface area contributed by atoms with E-state index in [4.69, 9.17) is 14.5 Å². The monoisotopic (exact) mass is 523 g/mol. The summed E-state index contributed by atoms with van der Waals surface area (Å²) in [5.74, 6) is 1.15. The number of hydrogen-bond acceptors (Lipinski definition) is 6. The number of pyridine rings is 1. The Hall–Kier alpha value is -4.28. The van der Waals surface area contributed by atoms with E-state index in [2.05, 4.69) is 11.4 Å². The molecular formula is C31H29N3O3S. The largest absolute Gasteiger partial charge is 0.497 e. The summed E-state index contributed by atoms with van der Waals surface area (Å²) >= 11 is 1.26. The van der Waals surface area contributed by atoms with Crippen LogP contribution in [0.2, 0.25) is 0 Å². The highest BCUT2D eigenvalue weighted by atomic mass is 32.2. The summed E-state index contributed by atoms with van der Waals surface area (Å²) in [6, 6.07) is 27.2. The molecule has 1 unspecified atom stereocenters. The van der Waals surface area contributed by atoms with Gasteiger partial charge in [-0.15, -0.1) is 0 Å². The van der Waals surface area contributed by atoms with Gasteiger partial charge in [0, 0.05) is 11.1 Å². The number of nitrogens with one attached hydrogen (secondary N) is 1. The van der Waals surface area contributed by atoms with Crippen LogP contribution in [-0.2, 0) is 4.79 Å². The van der Waals surface area contributed by atoms with Gasteiger partial charge >= 0.3 is 0 Å². The van der Waals surface area contributed by atoms with Crippen LogP contribution >= 0.6 is 11.8 Å². The summed E-state index contributed by atoms with van der Waals surface area (Å²) in [6.07, 6.45) is 0. The molecule has 0 bridgehead atoms. The Morgan fingerprint density at radius 2 is 1.74 bits per heavy atom. The molecule has 1 aromatic heterocycles. The second-order valence-corrected chi connectivity index (χ2v) is 9.95. The van der Waals surface area contributed by atoms with Gasteiger partial charge in [-0.25, -0.2) is 4.98 Å². The molecule has 7 heteroatoms. The standard InChI is InChI=1S/C31H29N3O3S/c1-5-37-29-9-7-6-8-27(29)33-30(35)21(3)38-31-26(19-32)25(22-12-10-20(2)11-13-22)18-28(34-31)23-14-16-24(36-4)17-15-23/h6-18,21H,5H2,1-4H3,(H,33,35). The number of aromatic nitrogens is 1. The highest BCUT2D eigenvalue weighted by Gasteiger charge is 2.22. The van der Waals surface area contributed by atoms with E-state index in [-0.39, 0.29) is 5.91 Å². The molecule has 6 nitrogen and oxygen atoms in total. The molecule has 1 heterocycles. The van der Waals surface area contributed by atoms with Crippen LogP contribution in [0.3, 0.4) is 0 Å². The Bertz CT molecular complexity index is 1460. The van der Waals surface area contributed by atoms with E-state index in [1.54, 1.807) is 20.1 Å². The molecule has 0 aliphatic carbocycles. The lowest BCUT2D eigenvalue weighted by molar-refractivity contribution is -0.115. The van der Waals surface area contributed by atoms with Gasteiger partial charge in [-0.3, -0.25) is 4.79 Å². The molecule has 0 spiro atoms. The smallest absolute Gasteiger partial charge is 0.237 e. The first-order chi connectivity index (χ1) is 18.4. The van der Waals surface area contributed by atoms with Gasteiger partial charge < -0.3 is 14.8 Å². The number of carbonyl (C=O) groups is 1. The highest BCUT2D eigenvalue weighted by molar-refractivity contribution is 8.00. The van der Waals surface area contributed by atoms with Crippen molar-refractivity contribution in [2.24, 2.45) is 0 Å². The lowest BCUT2D eigenvalue weighted by Gasteiger charge is -2.17. The molecule has 0 radical (unpaired) electrons. The van der Waals surface area contributed by atoms with Crippen molar-refractivity contribution in [2.45, 2.75) is 31.0 Å². The fourth-order valence-electron chi connectivity index (χ4n) is 3.89. The van der Waals surface area contributed by atoms with E-state index in [0.717, 1.165) is 28.0 Å². The zero-order chi connectivity index (χ0) is 27.1. The van der Waals surface area contributed by atoms with E-state index < -0.39 is 5.25 Å². The van der Waals surface area contributed by atoms with Crippen LogP contribution in [0.5, 0.6) is 11.5 Å². The average molecular weight is 524 g/mol. The predicted molar refractivity (Wildman–Crippen MR) is 153 cm³/mol. The number of para-hydroxylation sites is 2. The summed E-state index contributed by atoms with van der Waals surface area (Å²) in [6.45, 7) is 6.22. The molecular weight excluding hydrogens is 494 g/mol. The first kappa shape index (κ1) is 26.8. The second kappa shape index (κ2) is 12.3. The van der Waals surface area contributed by atoms with E-state index in [1.165, 1.54) is 11.8 Å². The number of aryl methyl sites for hydroxylation is 1. The Kier molecular flexibility index (Phi) is 8.67. The summed E-state index contributed by atoms with van der Waals surface area (Å²) in [4.78, 5) is 18.0. The molecule has 0 aliphatic heterocycles. The molecule has 4 aromatic rings. The lowest BCUT2D eigenvalue weighted by atomic mass is 9.98. The van der Waals surface area contributed by atoms with Gasteiger partial charge in [-0.1, -0.05) is 53.7 Å². The van der Waals surface area contributed by atoms with Gasteiger partial charge in [-0.2, -0.15) is 5.26 Å². The van der Waals surface area contributed by atoms with Crippen LogP contribution in [0.4, 0.5) is 5.69 Å². The highest BCUT2D eigenvalue weighted by Crippen LogP contribution is 2.36. The van der Waals surface area contributed by atoms with E-state index in [9.17, 15) is 10.1 Å². The molecule has 1 atom stereocenters. The molecule has 0 saturated carbocycles. The molecule has 4 rings (SSSR count). The van der Waals surface area contributed by atoms with Crippen molar-refractivity contribution in [3.8, 4) is 40.0 Å². The predicted octanol–water partition coefficient (Wildman–Crippen LogP) is 7.12.